The maximum absolute atomic E-state index is 12.9. The van der Waals surface area contributed by atoms with Crippen LogP contribution >= 0.6 is 11.8 Å². The van der Waals surface area contributed by atoms with Crippen molar-refractivity contribution >= 4 is 35.5 Å². The van der Waals surface area contributed by atoms with Crippen LogP contribution in [0.4, 0.5) is 0 Å². The van der Waals surface area contributed by atoms with Crippen molar-refractivity contribution in [1.29, 1.82) is 0 Å². The van der Waals surface area contributed by atoms with Gasteiger partial charge in [-0.25, -0.2) is 4.79 Å². The van der Waals surface area contributed by atoms with Crippen molar-refractivity contribution in [1.82, 2.24) is 16.0 Å². The second-order valence-corrected chi connectivity index (χ2v) is 9.12. The van der Waals surface area contributed by atoms with Gasteiger partial charge in [0.1, 0.15) is 23.9 Å². The van der Waals surface area contributed by atoms with Crippen LogP contribution in [0, 0.1) is 5.92 Å². The van der Waals surface area contributed by atoms with E-state index in [-0.39, 0.29) is 18.1 Å². The summed E-state index contributed by atoms with van der Waals surface area (Å²) >= 11 is 1.50. The first-order valence-corrected chi connectivity index (χ1v) is 12.0. The molecule has 0 saturated carbocycles. The van der Waals surface area contributed by atoms with E-state index in [0.29, 0.717) is 17.7 Å². The van der Waals surface area contributed by atoms with Crippen LogP contribution in [-0.2, 0) is 25.6 Å². The molecule has 1 aromatic rings. The van der Waals surface area contributed by atoms with Gasteiger partial charge in [-0.1, -0.05) is 26.0 Å². The van der Waals surface area contributed by atoms with Gasteiger partial charge >= 0.3 is 5.97 Å². The number of nitrogens with one attached hydrogen (secondary N) is 3. The monoisotopic (exact) mass is 482 g/mol. The van der Waals surface area contributed by atoms with Crippen LogP contribution in [0.2, 0.25) is 0 Å². The zero-order valence-corrected chi connectivity index (χ0v) is 20.1. The molecule has 1 rings (SSSR count). The van der Waals surface area contributed by atoms with Gasteiger partial charge in [-0.15, -0.1) is 0 Å². The Kier molecular flexibility index (Phi) is 11.7. The Labute approximate surface area is 198 Å². The third kappa shape index (κ3) is 9.70. The number of carbonyl (C=O) groups is 4. The van der Waals surface area contributed by atoms with Gasteiger partial charge in [0.05, 0.1) is 6.04 Å². The fourth-order valence-corrected chi connectivity index (χ4v) is 3.40. The van der Waals surface area contributed by atoms with Crippen molar-refractivity contribution in [2.75, 3.05) is 12.0 Å². The standard InChI is InChI=1S/C22H34N4O6S/c1-12(2)18(26-20(29)16(9-10-33-4)24-19(28)13(3)23)21(30)25-17(22(31)32)11-14-5-7-15(27)8-6-14/h5-8,12-13,16-18,27H,9-11,23H2,1-4H3,(H,24,28)(H,25,30)(H,26,29)(H,31,32). The molecule has 10 nitrogen and oxygen atoms in total. The summed E-state index contributed by atoms with van der Waals surface area (Å²) in [7, 11) is 0. The van der Waals surface area contributed by atoms with Crippen LogP contribution in [0.25, 0.3) is 0 Å². The molecule has 11 heteroatoms. The molecule has 0 heterocycles. The number of phenols is 1. The number of aromatic hydroxyl groups is 1. The van der Waals surface area contributed by atoms with Crippen LogP contribution in [0.1, 0.15) is 32.8 Å². The Morgan fingerprint density at radius 2 is 1.52 bits per heavy atom. The number of phenolic OH excluding ortho intramolecular Hbond substituents is 1. The van der Waals surface area contributed by atoms with Crippen molar-refractivity contribution in [2.24, 2.45) is 11.7 Å². The van der Waals surface area contributed by atoms with E-state index in [0.717, 1.165) is 0 Å². The molecule has 7 N–H and O–H groups in total. The van der Waals surface area contributed by atoms with Gasteiger partial charge in [0.25, 0.3) is 0 Å². The molecule has 0 aliphatic rings. The SMILES string of the molecule is CSCCC(NC(=O)C(C)N)C(=O)NC(C(=O)NC(Cc1ccc(O)cc1)C(=O)O)C(C)C. The Morgan fingerprint density at radius 3 is 2.00 bits per heavy atom. The normalized spacial score (nSPS) is 14.6. The molecule has 0 spiro atoms. The highest BCUT2D eigenvalue weighted by Crippen LogP contribution is 2.12. The molecule has 0 fully saturated rings. The molecule has 4 atom stereocenters. The average Bonchev–Trinajstić information content (AvgIpc) is 2.74. The van der Waals surface area contributed by atoms with Crippen LogP contribution in [0.3, 0.4) is 0 Å². The van der Waals surface area contributed by atoms with E-state index in [1.165, 1.54) is 30.8 Å². The zero-order chi connectivity index (χ0) is 25.1. The fraction of sp³-hybridized carbons (Fsp3) is 0.545. The van der Waals surface area contributed by atoms with Crippen LogP contribution in [0.5, 0.6) is 5.75 Å². The Balaban J connectivity index is 2.93. The second-order valence-electron chi connectivity index (χ2n) is 8.13. The number of hydrogen-bond acceptors (Lipinski definition) is 7. The third-order valence-corrected chi connectivity index (χ3v) is 5.54. The number of carbonyl (C=O) groups excluding carboxylic acids is 3. The van der Waals surface area contributed by atoms with Crippen LogP contribution in [0.15, 0.2) is 24.3 Å². The number of thioether (sulfide) groups is 1. The van der Waals surface area contributed by atoms with Gasteiger partial charge in [-0.05, 0) is 49.0 Å². The molecule has 0 saturated heterocycles. The number of amides is 3. The minimum atomic E-state index is -1.23. The van der Waals surface area contributed by atoms with Gasteiger partial charge < -0.3 is 31.9 Å². The van der Waals surface area contributed by atoms with Gasteiger partial charge in [0.2, 0.25) is 17.7 Å². The second kappa shape index (κ2) is 13.7. The molecule has 0 bridgehead atoms. The van der Waals surface area contributed by atoms with E-state index in [9.17, 15) is 29.4 Å². The molecule has 0 aromatic heterocycles. The Morgan fingerprint density at radius 1 is 0.939 bits per heavy atom. The summed E-state index contributed by atoms with van der Waals surface area (Å²) in [4.78, 5) is 49.5. The number of rotatable bonds is 13. The van der Waals surface area contributed by atoms with Gasteiger partial charge in [0, 0.05) is 6.42 Å². The molecule has 33 heavy (non-hydrogen) atoms. The molecule has 0 aliphatic heterocycles. The number of hydrogen-bond donors (Lipinski definition) is 6. The predicted octanol–water partition coefficient (Wildman–Crippen LogP) is 0.230. The highest BCUT2D eigenvalue weighted by atomic mass is 32.2. The van der Waals surface area contributed by atoms with Crippen molar-refractivity contribution in [3.8, 4) is 5.75 Å². The molecular formula is C22H34N4O6S. The molecule has 3 amide bonds. The largest absolute Gasteiger partial charge is 0.508 e. The van der Waals surface area contributed by atoms with Crippen molar-refractivity contribution in [2.45, 2.75) is 57.8 Å². The quantitative estimate of drug-likeness (QED) is 0.232. The zero-order valence-electron chi connectivity index (χ0n) is 19.3. The molecule has 0 radical (unpaired) electrons. The number of carboxylic acids is 1. The smallest absolute Gasteiger partial charge is 0.326 e. The lowest BCUT2D eigenvalue weighted by atomic mass is 10.0. The number of benzene rings is 1. The maximum atomic E-state index is 12.9. The summed E-state index contributed by atoms with van der Waals surface area (Å²) in [6.45, 7) is 4.94. The number of aliphatic carboxylic acids is 1. The predicted molar refractivity (Wildman–Crippen MR) is 127 cm³/mol. The summed E-state index contributed by atoms with van der Waals surface area (Å²) < 4.78 is 0. The first-order valence-electron chi connectivity index (χ1n) is 10.6. The number of carboxylic acid groups (broad SMARTS) is 1. The van der Waals surface area contributed by atoms with Gasteiger partial charge in [-0.2, -0.15) is 11.8 Å². The molecule has 4 unspecified atom stereocenters. The summed E-state index contributed by atoms with van der Waals surface area (Å²) in [6, 6.07) is 2.07. The molecule has 0 aliphatic carbocycles. The first kappa shape index (κ1) is 28.2. The fourth-order valence-electron chi connectivity index (χ4n) is 2.93. The minimum absolute atomic E-state index is 0.000902. The molecular weight excluding hydrogens is 448 g/mol. The highest BCUT2D eigenvalue weighted by Gasteiger charge is 2.31. The Bertz CT molecular complexity index is 816. The van der Waals surface area contributed by atoms with E-state index >= 15 is 0 Å². The van der Waals surface area contributed by atoms with E-state index in [2.05, 4.69) is 16.0 Å². The highest BCUT2D eigenvalue weighted by molar-refractivity contribution is 7.98. The Hall–Kier alpha value is -2.79. The van der Waals surface area contributed by atoms with Crippen LogP contribution < -0.4 is 21.7 Å². The van der Waals surface area contributed by atoms with Crippen LogP contribution in [-0.4, -0.2) is 70.1 Å². The summed E-state index contributed by atoms with van der Waals surface area (Å²) in [5.41, 5.74) is 6.20. The maximum Gasteiger partial charge on any atom is 0.326 e. The summed E-state index contributed by atoms with van der Waals surface area (Å²) in [5, 5.41) is 26.7. The minimum Gasteiger partial charge on any atom is -0.508 e. The lowest BCUT2D eigenvalue weighted by Gasteiger charge is -2.27. The summed E-state index contributed by atoms with van der Waals surface area (Å²) in [6.07, 6.45) is 2.21. The lowest BCUT2D eigenvalue weighted by Crippen LogP contribution is -2.58. The number of nitrogens with two attached hydrogens (primary N) is 1. The average molecular weight is 483 g/mol. The van der Waals surface area contributed by atoms with E-state index in [1.54, 1.807) is 26.0 Å². The van der Waals surface area contributed by atoms with Crippen molar-refractivity contribution in [3.05, 3.63) is 29.8 Å². The molecule has 184 valence electrons. The van der Waals surface area contributed by atoms with E-state index < -0.39 is 47.9 Å². The van der Waals surface area contributed by atoms with Crippen molar-refractivity contribution < 1.29 is 29.4 Å². The van der Waals surface area contributed by atoms with E-state index in [4.69, 9.17) is 5.73 Å². The lowest BCUT2D eigenvalue weighted by molar-refractivity contribution is -0.142. The molecule has 1 aromatic carbocycles. The first-order chi connectivity index (χ1) is 15.5. The topological polar surface area (TPSA) is 171 Å². The summed E-state index contributed by atoms with van der Waals surface area (Å²) in [5.74, 6) is -2.60. The van der Waals surface area contributed by atoms with Crippen molar-refractivity contribution in [3.63, 3.8) is 0 Å². The van der Waals surface area contributed by atoms with Gasteiger partial charge in [0.15, 0.2) is 0 Å². The van der Waals surface area contributed by atoms with E-state index in [1.807, 2.05) is 6.26 Å². The third-order valence-electron chi connectivity index (χ3n) is 4.89. The van der Waals surface area contributed by atoms with Gasteiger partial charge in [-0.3, -0.25) is 14.4 Å².